The lowest BCUT2D eigenvalue weighted by atomic mass is 9.87. The Morgan fingerprint density at radius 1 is 1.29 bits per heavy atom. The maximum atomic E-state index is 13.3. The summed E-state index contributed by atoms with van der Waals surface area (Å²) in [6.07, 6.45) is 7.45. The fourth-order valence-electron chi connectivity index (χ4n) is 4.59. The van der Waals surface area contributed by atoms with E-state index in [2.05, 4.69) is 49.1 Å². The van der Waals surface area contributed by atoms with E-state index in [0.29, 0.717) is 17.1 Å². The lowest BCUT2D eigenvalue weighted by Crippen LogP contribution is -2.19. The van der Waals surface area contributed by atoms with E-state index in [1.807, 2.05) is 23.9 Å². The number of fused-ring (bicyclic) bond motifs is 1. The van der Waals surface area contributed by atoms with Crippen molar-refractivity contribution in [3.63, 3.8) is 0 Å². The predicted molar refractivity (Wildman–Crippen MR) is 133 cm³/mol. The Labute approximate surface area is 214 Å². The first-order chi connectivity index (χ1) is 17.0. The smallest absolute Gasteiger partial charge is 0.163 e. The highest BCUT2D eigenvalue weighted by atomic mass is 127. The Bertz CT molecular complexity index is 1390. The molecule has 1 saturated carbocycles. The van der Waals surface area contributed by atoms with E-state index >= 15 is 0 Å². The van der Waals surface area contributed by atoms with Crippen LogP contribution in [-0.2, 0) is 0 Å². The number of halogens is 2. The molecule has 0 aliphatic heterocycles. The van der Waals surface area contributed by atoms with E-state index in [9.17, 15) is 14.8 Å². The molecule has 9 nitrogen and oxygen atoms in total. The molecule has 0 saturated heterocycles. The third-order valence-corrected chi connectivity index (χ3v) is 7.26. The van der Waals surface area contributed by atoms with Crippen molar-refractivity contribution in [3.05, 3.63) is 57.6 Å². The van der Waals surface area contributed by atoms with Crippen molar-refractivity contribution >= 4 is 28.1 Å². The van der Waals surface area contributed by atoms with Gasteiger partial charge in [0.25, 0.3) is 0 Å². The molecule has 1 atom stereocenters. The third-order valence-electron chi connectivity index (χ3n) is 6.47. The van der Waals surface area contributed by atoms with Crippen LogP contribution >= 0.6 is 22.6 Å². The molecular weight excluding hydrogens is 564 g/mol. The molecule has 0 radical (unpaired) electrons. The maximum Gasteiger partial charge on any atom is 0.163 e. The monoisotopic (exact) mass is 587 g/mol. The summed E-state index contributed by atoms with van der Waals surface area (Å²) in [4.78, 5) is 4.07. The lowest BCUT2D eigenvalue weighted by molar-refractivity contribution is 0.114. The Hall–Kier alpha value is -3.11. The van der Waals surface area contributed by atoms with Crippen molar-refractivity contribution in [2.24, 2.45) is 5.92 Å². The minimum Gasteiger partial charge on any atom is -0.479 e. The Balaban J connectivity index is 1.50. The summed E-state index contributed by atoms with van der Waals surface area (Å²) in [5.74, 6) is 0.159. The van der Waals surface area contributed by atoms with Gasteiger partial charge < -0.3 is 9.84 Å². The summed E-state index contributed by atoms with van der Waals surface area (Å²) in [6.45, 7) is 1.66. The van der Waals surface area contributed by atoms with Gasteiger partial charge in [-0.1, -0.05) is 5.21 Å². The van der Waals surface area contributed by atoms with Crippen molar-refractivity contribution in [2.75, 3.05) is 6.61 Å². The topological polar surface area (TPSA) is 114 Å². The molecule has 0 spiro atoms. The number of aliphatic hydroxyl groups is 1. The molecule has 1 aliphatic rings. The Morgan fingerprint density at radius 2 is 2.09 bits per heavy atom. The summed E-state index contributed by atoms with van der Waals surface area (Å²) in [5.41, 5.74) is 3.57. The molecule has 0 bridgehead atoms. The lowest BCUT2D eigenvalue weighted by Gasteiger charge is -2.25. The summed E-state index contributed by atoms with van der Waals surface area (Å²) >= 11 is 2.18. The molecule has 5 rings (SSSR count). The standard InChI is InChI=1S/C24H23FIN7O2/c1-14-23(30-31-33(14)18-5-2-15(9-27)3-6-18)16-8-21(24-19(26)11-29-32(24)12-16)35-22(13-34)20-7-4-17(25)10-28-20/h4,7-8,10-12,15,18,22,34H,2-3,5-6,13H2,1H3/t15?,18?,22-/m1/s1. The highest BCUT2D eigenvalue weighted by Crippen LogP contribution is 2.36. The largest absolute Gasteiger partial charge is 0.479 e. The van der Waals surface area contributed by atoms with Crippen LogP contribution in [0.1, 0.15) is 49.2 Å². The Kier molecular flexibility index (Phi) is 6.66. The molecular formula is C24H23FIN7O2. The van der Waals surface area contributed by atoms with E-state index in [4.69, 9.17) is 4.74 Å². The molecule has 180 valence electrons. The first kappa shape index (κ1) is 23.6. The molecule has 4 heterocycles. The average Bonchev–Trinajstić information content (AvgIpc) is 3.45. The van der Waals surface area contributed by atoms with Gasteiger partial charge in [0.05, 0.1) is 46.1 Å². The number of nitriles is 1. The van der Waals surface area contributed by atoms with E-state index in [1.165, 1.54) is 12.1 Å². The van der Waals surface area contributed by atoms with Crippen LogP contribution < -0.4 is 4.74 Å². The SMILES string of the molecule is Cc1c(-c2cc(O[C@H](CO)c3ccc(F)cn3)c3c(I)cnn3c2)nnn1C1CCC(C#N)CC1. The van der Waals surface area contributed by atoms with Crippen LogP contribution in [0.5, 0.6) is 5.75 Å². The minimum atomic E-state index is -0.785. The number of ether oxygens (including phenoxy) is 1. The number of hydrogen-bond donors (Lipinski definition) is 1. The summed E-state index contributed by atoms with van der Waals surface area (Å²) < 4.78 is 24.1. The normalized spacial score (nSPS) is 18.9. The first-order valence-corrected chi connectivity index (χ1v) is 12.4. The fourth-order valence-corrected chi connectivity index (χ4v) is 5.23. The van der Waals surface area contributed by atoms with E-state index in [1.54, 1.807) is 10.7 Å². The second-order valence-corrected chi connectivity index (χ2v) is 9.83. The van der Waals surface area contributed by atoms with Gasteiger partial charge in [-0.3, -0.25) is 4.98 Å². The van der Waals surface area contributed by atoms with Gasteiger partial charge in [0.15, 0.2) is 6.10 Å². The van der Waals surface area contributed by atoms with Gasteiger partial charge in [-0.25, -0.2) is 13.6 Å². The molecule has 4 aromatic rings. The number of aromatic nitrogens is 6. The van der Waals surface area contributed by atoms with Crippen molar-refractivity contribution in [3.8, 4) is 23.1 Å². The van der Waals surface area contributed by atoms with Crippen molar-refractivity contribution in [1.82, 2.24) is 29.6 Å². The molecule has 1 N–H and O–H groups in total. The maximum absolute atomic E-state index is 13.3. The van der Waals surface area contributed by atoms with E-state index in [0.717, 1.165) is 52.2 Å². The molecule has 11 heteroatoms. The van der Waals surface area contributed by atoms with Gasteiger partial charge in [-0.15, -0.1) is 5.10 Å². The van der Waals surface area contributed by atoms with Gasteiger partial charge >= 0.3 is 0 Å². The number of rotatable bonds is 6. The quantitative estimate of drug-likeness (QED) is 0.333. The minimum absolute atomic E-state index is 0.119. The first-order valence-electron chi connectivity index (χ1n) is 11.4. The zero-order valence-electron chi connectivity index (χ0n) is 19.0. The summed E-state index contributed by atoms with van der Waals surface area (Å²) in [5, 5.41) is 32.5. The van der Waals surface area contributed by atoms with E-state index in [-0.39, 0.29) is 18.6 Å². The van der Waals surface area contributed by atoms with Crippen LogP contribution in [0.15, 0.2) is 36.8 Å². The Morgan fingerprint density at radius 3 is 2.77 bits per heavy atom. The van der Waals surface area contributed by atoms with Crippen LogP contribution in [0.3, 0.4) is 0 Å². The van der Waals surface area contributed by atoms with Crippen LogP contribution in [0.2, 0.25) is 0 Å². The number of nitrogens with zero attached hydrogens (tertiary/aromatic N) is 7. The predicted octanol–water partition coefficient (Wildman–Crippen LogP) is 4.41. The second-order valence-electron chi connectivity index (χ2n) is 8.67. The van der Waals surface area contributed by atoms with Crippen LogP contribution in [0.25, 0.3) is 16.8 Å². The molecule has 1 fully saturated rings. The summed E-state index contributed by atoms with van der Waals surface area (Å²) in [6, 6.07) is 7.23. The highest BCUT2D eigenvalue weighted by molar-refractivity contribution is 14.1. The van der Waals surface area contributed by atoms with Crippen LogP contribution in [0.4, 0.5) is 4.39 Å². The third kappa shape index (κ3) is 4.60. The molecule has 0 unspecified atom stereocenters. The van der Waals surface area contributed by atoms with Gasteiger partial charge in [0, 0.05) is 17.7 Å². The molecule has 0 aromatic carbocycles. The average molecular weight is 587 g/mol. The molecule has 1 aliphatic carbocycles. The molecule has 35 heavy (non-hydrogen) atoms. The van der Waals surface area contributed by atoms with Gasteiger partial charge in [0.1, 0.15) is 22.8 Å². The second kappa shape index (κ2) is 9.87. The van der Waals surface area contributed by atoms with Crippen LogP contribution in [0, 0.1) is 33.6 Å². The fraction of sp³-hybridized carbons (Fsp3) is 0.375. The van der Waals surface area contributed by atoms with E-state index < -0.39 is 11.9 Å². The zero-order valence-corrected chi connectivity index (χ0v) is 21.1. The van der Waals surface area contributed by atoms with Crippen molar-refractivity contribution in [2.45, 2.75) is 44.8 Å². The van der Waals surface area contributed by atoms with Gasteiger partial charge in [0.2, 0.25) is 0 Å². The van der Waals surface area contributed by atoms with Gasteiger partial charge in [-0.05, 0) is 73.4 Å². The van der Waals surface area contributed by atoms with Crippen LogP contribution in [-0.4, -0.2) is 41.3 Å². The van der Waals surface area contributed by atoms with Crippen molar-refractivity contribution < 1.29 is 14.2 Å². The molecule has 4 aromatic heterocycles. The molecule has 0 amide bonds. The highest BCUT2D eigenvalue weighted by Gasteiger charge is 2.26. The number of hydrogen-bond acceptors (Lipinski definition) is 7. The van der Waals surface area contributed by atoms with Crippen molar-refractivity contribution in [1.29, 1.82) is 5.26 Å². The zero-order chi connectivity index (χ0) is 24.5. The summed E-state index contributed by atoms with van der Waals surface area (Å²) in [7, 11) is 0. The number of aliphatic hydroxyl groups excluding tert-OH is 1. The number of pyridine rings is 2. The van der Waals surface area contributed by atoms with Gasteiger partial charge in [-0.2, -0.15) is 10.4 Å².